The molecule has 1 aliphatic rings. The van der Waals surface area contributed by atoms with Crippen LogP contribution in [0.25, 0.3) is 11.3 Å². The topological polar surface area (TPSA) is 64.0 Å². The van der Waals surface area contributed by atoms with E-state index in [1.54, 1.807) is 30.3 Å². The standard InChI is InChI=1S/C19H18FN3O2S/c1-21-17-8-9-18-15(17)11-19(14-6-2-3-7-16(14)20)23(18)26(24,25)13-5-4-10-22-12-13/h2-7,10-12,17,21H,8-9H2,1H3/t17-/m1/s1. The number of aromatic nitrogens is 2. The maximum Gasteiger partial charge on any atom is 0.269 e. The fourth-order valence-electron chi connectivity index (χ4n) is 3.57. The summed E-state index contributed by atoms with van der Waals surface area (Å²) in [4.78, 5) is 4.01. The Labute approximate surface area is 151 Å². The van der Waals surface area contributed by atoms with Gasteiger partial charge >= 0.3 is 0 Å². The first-order valence-electron chi connectivity index (χ1n) is 8.36. The molecule has 1 N–H and O–H groups in total. The summed E-state index contributed by atoms with van der Waals surface area (Å²) in [7, 11) is -2.05. The van der Waals surface area contributed by atoms with Crippen LogP contribution in [0, 0.1) is 5.82 Å². The summed E-state index contributed by atoms with van der Waals surface area (Å²) in [6.45, 7) is 0. The van der Waals surface area contributed by atoms with E-state index >= 15 is 0 Å². The first kappa shape index (κ1) is 16.9. The van der Waals surface area contributed by atoms with E-state index in [-0.39, 0.29) is 16.5 Å². The maximum absolute atomic E-state index is 14.5. The van der Waals surface area contributed by atoms with Crippen LogP contribution >= 0.6 is 0 Å². The van der Waals surface area contributed by atoms with Gasteiger partial charge in [0.1, 0.15) is 10.7 Å². The lowest BCUT2D eigenvalue weighted by atomic mass is 10.1. The van der Waals surface area contributed by atoms with Crippen LogP contribution in [0.3, 0.4) is 0 Å². The molecule has 2 heterocycles. The van der Waals surface area contributed by atoms with Crippen molar-refractivity contribution in [3.05, 3.63) is 71.9 Å². The molecule has 0 radical (unpaired) electrons. The molecule has 0 aliphatic heterocycles. The van der Waals surface area contributed by atoms with Gasteiger partial charge in [-0.25, -0.2) is 16.8 Å². The summed E-state index contributed by atoms with van der Waals surface area (Å²) in [5, 5.41) is 3.20. The van der Waals surface area contributed by atoms with Crippen LogP contribution in [0.5, 0.6) is 0 Å². The minimum Gasteiger partial charge on any atom is -0.313 e. The van der Waals surface area contributed by atoms with Gasteiger partial charge in [-0.2, -0.15) is 0 Å². The number of halogens is 1. The molecule has 1 aromatic carbocycles. The lowest BCUT2D eigenvalue weighted by molar-refractivity contribution is 0.581. The zero-order valence-corrected chi connectivity index (χ0v) is 15.0. The Bertz CT molecular complexity index is 1060. The maximum atomic E-state index is 14.5. The Kier molecular flexibility index (Phi) is 4.13. The van der Waals surface area contributed by atoms with Crippen LogP contribution in [0.15, 0.2) is 59.8 Å². The average Bonchev–Trinajstić information content (AvgIpc) is 3.21. The zero-order chi connectivity index (χ0) is 18.3. The Morgan fingerprint density at radius 2 is 2.04 bits per heavy atom. The highest BCUT2D eigenvalue weighted by Gasteiger charge is 2.33. The Hall–Kier alpha value is -2.51. The van der Waals surface area contributed by atoms with Crippen molar-refractivity contribution in [1.82, 2.24) is 14.3 Å². The van der Waals surface area contributed by atoms with E-state index in [1.807, 2.05) is 7.05 Å². The number of nitrogens with one attached hydrogen (secondary N) is 1. The zero-order valence-electron chi connectivity index (χ0n) is 14.2. The van der Waals surface area contributed by atoms with E-state index in [1.165, 1.54) is 28.5 Å². The number of rotatable bonds is 4. The Morgan fingerprint density at radius 1 is 1.23 bits per heavy atom. The Balaban J connectivity index is 2.01. The van der Waals surface area contributed by atoms with E-state index < -0.39 is 15.8 Å². The molecule has 0 fully saturated rings. The normalized spacial score (nSPS) is 16.6. The van der Waals surface area contributed by atoms with Gasteiger partial charge in [-0.3, -0.25) is 4.98 Å². The Morgan fingerprint density at radius 3 is 2.73 bits per heavy atom. The van der Waals surface area contributed by atoms with Gasteiger partial charge in [-0.1, -0.05) is 12.1 Å². The van der Waals surface area contributed by atoms with Gasteiger partial charge < -0.3 is 5.32 Å². The summed E-state index contributed by atoms with van der Waals surface area (Å²) in [5.41, 5.74) is 2.21. The van der Waals surface area contributed by atoms with Crippen molar-refractivity contribution in [2.75, 3.05) is 7.05 Å². The molecule has 5 nitrogen and oxygen atoms in total. The highest BCUT2D eigenvalue weighted by molar-refractivity contribution is 7.90. The summed E-state index contributed by atoms with van der Waals surface area (Å²) < 4.78 is 42.4. The molecule has 1 atom stereocenters. The molecule has 7 heteroatoms. The molecule has 2 aromatic heterocycles. The molecule has 0 saturated carbocycles. The van der Waals surface area contributed by atoms with Gasteiger partial charge in [0.15, 0.2) is 0 Å². The quantitative estimate of drug-likeness (QED) is 0.765. The number of hydrogen-bond acceptors (Lipinski definition) is 4. The largest absolute Gasteiger partial charge is 0.313 e. The molecular weight excluding hydrogens is 353 g/mol. The van der Waals surface area contributed by atoms with Gasteiger partial charge in [0, 0.05) is 29.7 Å². The van der Waals surface area contributed by atoms with Crippen molar-refractivity contribution < 1.29 is 12.8 Å². The van der Waals surface area contributed by atoms with Crippen LogP contribution in [-0.2, 0) is 16.4 Å². The van der Waals surface area contributed by atoms with E-state index in [4.69, 9.17) is 0 Å². The smallest absolute Gasteiger partial charge is 0.269 e. The summed E-state index contributed by atoms with van der Waals surface area (Å²) >= 11 is 0. The van der Waals surface area contributed by atoms with Gasteiger partial charge in [0.05, 0.1) is 5.69 Å². The molecule has 0 amide bonds. The van der Waals surface area contributed by atoms with E-state index in [0.717, 1.165) is 12.0 Å². The summed E-state index contributed by atoms with van der Waals surface area (Å²) in [5.74, 6) is -0.452. The van der Waals surface area contributed by atoms with Crippen molar-refractivity contribution in [2.45, 2.75) is 23.8 Å². The van der Waals surface area contributed by atoms with Gasteiger partial charge in [0.25, 0.3) is 10.0 Å². The van der Waals surface area contributed by atoms with Crippen molar-refractivity contribution >= 4 is 10.0 Å². The predicted molar refractivity (Wildman–Crippen MR) is 96.8 cm³/mol. The van der Waals surface area contributed by atoms with E-state index in [2.05, 4.69) is 10.3 Å². The van der Waals surface area contributed by atoms with Crippen LogP contribution in [0.2, 0.25) is 0 Å². The highest BCUT2D eigenvalue weighted by Crippen LogP contribution is 2.39. The number of fused-ring (bicyclic) bond motifs is 1. The van der Waals surface area contributed by atoms with Crippen molar-refractivity contribution in [3.8, 4) is 11.3 Å². The molecule has 4 rings (SSSR count). The molecule has 26 heavy (non-hydrogen) atoms. The van der Waals surface area contributed by atoms with Crippen LogP contribution < -0.4 is 5.32 Å². The van der Waals surface area contributed by atoms with Crippen LogP contribution in [-0.4, -0.2) is 24.4 Å². The van der Waals surface area contributed by atoms with E-state index in [0.29, 0.717) is 17.8 Å². The number of pyridine rings is 1. The van der Waals surface area contributed by atoms with Crippen LogP contribution in [0.1, 0.15) is 23.7 Å². The molecule has 134 valence electrons. The predicted octanol–water partition coefficient (Wildman–Crippen LogP) is 3.13. The monoisotopic (exact) mass is 371 g/mol. The number of benzene rings is 1. The lowest BCUT2D eigenvalue weighted by Crippen LogP contribution is -2.17. The fourth-order valence-corrected chi connectivity index (χ4v) is 5.12. The van der Waals surface area contributed by atoms with Gasteiger partial charge in [0.2, 0.25) is 0 Å². The summed E-state index contributed by atoms with van der Waals surface area (Å²) in [6.07, 6.45) is 4.25. The third-order valence-corrected chi connectivity index (χ3v) is 6.54. The molecule has 3 aromatic rings. The molecule has 1 aliphatic carbocycles. The minimum atomic E-state index is -3.89. The first-order chi connectivity index (χ1) is 12.5. The van der Waals surface area contributed by atoms with Gasteiger partial charge in [-0.15, -0.1) is 0 Å². The second-order valence-electron chi connectivity index (χ2n) is 6.25. The molecule has 0 bridgehead atoms. The van der Waals surface area contributed by atoms with Crippen molar-refractivity contribution in [1.29, 1.82) is 0 Å². The third-order valence-electron chi connectivity index (χ3n) is 4.81. The minimum absolute atomic E-state index is 0.0564. The second-order valence-corrected chi connectivity index (χ2v) is 8.04. The third kappa shape index (κ3) is 2.55. The molecule has 0 saturated heterocycles. The molecule has 0 spiro atoms. The fraction of sp³-hybridized carbons (Fsp3) is 0.211. The van der Waals surface area contributed by atoms with Gasteiger partial charge in [-0.05, 0) is 55.8 Å². The number of hydrogen-bond donors (Lipinski definition) is 1. The van der Waals surface area contributed by atoms with E-state index in [9.17, 15) is 12.8 Å². The molecular formula is C19H18FN3O2S. The SMILES string of the molecule is CN[C@@H]1CCc2c1cc(-c1ccccc1F)n2S(=O)(=O)c1cccnc1. The number of nitrogens with zero attached hydrogens (tertiary/aromatic N) is 2. The first-order valence-corrected chi connectivity index (χ1v) is 9.80. The highest BCUT2D eigenvalue weighted by atomic mass is 32.2. The molecule has 0 unspecified atom stereocenters. The summed E-state index contributed by atoms with van der Waals surface area (Å²) in [6, 6.07) is 11.2. The van der Waals surface area contributed by atoms with Crippen molar-refractivity contribution in [2.24, 2.45) is 0 Å². The van der Waals surface area contributed by atoms with Crippen LogP contribution in [0.4, 0.5) is 4.39 Å². The van der Waals surface area contributed by atoms with Crippen molar-refractivity contribution in [3.63, 3.8) is 0 Å². The average molecular weight is 371 g/mol. The lowest BCUT2D eigenvalue weighted by Gasteiger charge is -2.14. The second kappa shape index (κ2) is 6.34.